The average Bonchev–Trinajstić information content (AvgIpc) is 3.41. The van der Waals surface area contributed by atoms with E-state index in [4.69, 9.17) is 21.0 Å². The number of nitrogens with zero attached hydrogens (tertiary/aromatic N) is 4. The largest absolute Gasteiger partial charge is 0.461 e. The number of hydrogen-bond acceptors (Lipinski definition) is 5. The third kappa shape index (κ3) is 3.32. The minimum absolute atomic E-state index is 0.650. The van der Waals surface area contributed by atoms with E-state index in [-0.39, 0.29) is 0 Å². The molecule has 0 unspecified atom stereocenters. The van der Waals surface area contributed by atoms with Gasteiger partial charge in [-0.2, -0.15) is 5.10 Å². The molecular formula is C21H18ClN5O. The Morgan fingerprint density at radius 1 is 1.14 bits per heavy atom. The molecule has 140 valence electrons. The highest BCUT2D eigenvalue weighted by Gasteiger charge is 2.21. The molecule has 0 spiro atoms. The van der Waals surface area contributed by atoms with Crippen molar-refractivity contribution in [1.29, 1.82) is 0 Å². The summed E-state index contributed by atoms with van der Waals surface area (Å²) in [7, 11) is 0. The third-order valence-corrected chi connectivity index (χ3v) is 5.25. The van der Waals surface area contributed by atoms with Gasteiger partial charge >= 0.3 is 0 Å². The minimum atomic E-state index is 0.650. The summed E-state index contributed by atoms with van der Waals surface area (Å²) < 4.78 is 5.41. The molecule has 3 aromatic heterocycles. The van der Waals surface area contributed by atoms with Crippen molar-refractivity contribution in [2.75, 3.05) is 6.54 Å². The summed E-state index contributed by atoms with van der Waals surface area (Å²) in [4.78, 5) is 11.6. The first kappa shape index (κ1) is 17.2. The molecule has 0 saturated heterocycles. The van der Waals surface area contributed by atoms with Gasteiger partial charge in [0.25, 0.3) is 0 Å². The maximum absolute atomic E-state index is 6.01. The van der Waals surface area contributed by atoms with E-state index in [0.717, 1.165) is 53.6 Å². The van der Waals surface area contributed by atoms with E-state index in [9.17, 15) is 0 Å². The lowest BCUT2D eigenvalue weighted by atomic mass is 10.0. The van der Waals surface area contributed by atoms with Crippen molar-refractivity contribution in [1.82, 2.24) is 25.1 Å². The zero-order chi connectivity index (χ0) is 18.9. The molecule has 1 aliphatic rings. The zero-order valence-electron chi connectivity index (χ0n) is 15.1. The summed E-state index contributed by atoms with van der Waals surface area (Å²) in [5, 5.41) is 8.10. The number of hydrogen-bond donors (Lipinski definition) is 1. The summed E-state index contributed by atoms with van der Waals surface area (Å²) in [5.41, 5.74) is 5.55. The van der Waals surface area contributed by atoms with Gasteiger partial charge in [0.05, 0.1) is 23.8 Å². The Balaban J connectivity index is 1.34. The maximum Gasteiger partial charge on any atom is 0.195 e. The van der Waals surface area contributed by atoms with Gasteiger partial charge in [0, 0.05) is 48.4 Å². The van der Waals surface area contributed by atoms with Crippen LogP contribution in [0, 0.1) is 0 Å². The molecule has 0 saturated carbocycles. The summed E-state index contributed by atoms with van der Waals surface area (Å²) in [6.07, 6.45) is 6.35. The van der Waals surface area contributed by atoms with Gasteiger partial charge in [0.1, 0.15) is 0 Å². The highest BCUT2D eigenvalue weighted by molar-refractivity contribution is 6.30. The van der Waals surface area contributed by atoms with Crippen LogP contribution in [-0.4, -0.2) is 31.6 Å². The van der Waals surface area contributed by atoms with E-state index in [1.807, 2.05) is 48.8 Å². The smallest absolute Gasteiger partial charge is 0.195 e. The molecule has 5 rings (SSSR count). The molecule has 1 N–H and O–H groups in total. The Bertz CT molecular complexity index is 1090. The molecule has 0 atom stereocenters. The minimum Gasteiger partial charge on any atom is -0.461 e. The van der Waals surface area contributed by atoms with E-state index in [2.05, 4.69) is 20.1 Å². The highest BCUT2D eigenvalue weighted by Crippen LogP contribution is 2.26. The number of halogens is 1. The lowest BCUT2D eigenvalue weighted by Gasteiger charge is -2.27. The van der Waals surface area contributed by atoms with Gasteiger partial charge in [-0.15, -0.1) is 0 Å². The van der Waals surface area contributed by atoms with Crippen molar-refractivity contribution in [3.63, 3.8) is 0 Å². The van der Waals surface area contributed by atoms with Crippen LogP contribution >= 0.6 is 11.6 Å². The van der Waals surface area contributed by atoms with E-state index >= 15 is 0 Å². The predicted molar refractivity (Wildman–Crippen MR) is 107 cm³/mol. The molecule has 0 aliphatic carbocycles. The Morgan fingerprint density at radius 3 is 2.86 bits per heavy atom. The SMILES string of the molecule is Clc1ccc(-c2[nH]ncc2CN2CCc3nc(-c4ccco4)ncc3C2)cc1. The van der Waals surface area contributed by atoms with Gasteiger partial charge in [-0.05, 0) is 29.8 Å². The molecule has 0 bridgehead atoms. The number of nitrogens with one attached hydrogen (secondary N) is 1. The second-order valence-electron chi connectivity index (χ2n) is 6.88. The number of benzene rings is 1. The number of aromatic amines is 1. The van der Waals surface area contributed by atoms with Gasteiger partial charge in [-0.25, -0.2) is 9.97 Å². The molecule has 7 heteroatoms. The van der Waals surface area contributed by atoms with E-state index in [1.165, 1.54) is 5.56 Å². The molecule has 6 nitrogen and oxygen atoms in total. The van der Waals surface area contributed by atoms with Gasteiger partial charge in [0.2, 0.25) is 0 Å². The lowest BCUT2D eigenvalue weighted by molar-refractivity contribution is 0.243. The molecule has 1 aliphatic heterocycles. The molecule has 0 amide bonds. The van der Waals surface area contributed by atoms with Crippen LogP contribution in [0.2, 0.25) is 5.02 Å². The Kier molecular flexibility index (Phi) is 4.43. The highest BCUT2D eigenvalue weighted by atomic mass is 35.5. The predicted octanol–water partition coefficient (Wildman–Crippen LogP) is 4.34. The number of H-pyrrole nitrogens is 1. The second kappa shape index (κ2) is 7.22. The fourth-order valence-corrected chi connectivity index (χ4v) is 3.70. The van der Waals surface area contributed by atoms with Crippen molar-refractivity contribution >= 4 is 11.6 Å². The van der Waals surface area contributed by atoms with Crippen LogP contribution in [0.3, 0.4) is 0 Å². The first-order valence-corrected chi connectivity index (χ1v) is 9.53. The third-order valence-electron chi connectivity index (χ3n) is 5.00. The van der Waals surface area contributed by atoms with Crippen LogP contribution in [0.5, 0.6) is 0 Å². The first-order chi connectivity index (χ1) is 13.8. The topological polar surface area (TPSA) is 70.8 Å². The fraction of sp³-hybridized carbons (Fsp3) is 0.190. The van der Waals surface area contributed by atoms with Crippen molar-refractivity contribution < 1.29 is 4.42 Å². The summed E-state index contributed by atoms with van der Waals surface area (Å²) >= 11 is 6.01. The van der Waals surface area contributed by atoms with E-state index in [0.29, 0.717) is 11.6 Å². The number of fused-ring (bicyclic) bond motifs is 1. The van der Waals surface area contributed by atoms with Gasteiger partial charge < -0.3 is 4.42 Å². The van der Waals surface area contributed by atoms with Crippen molar-refractivity contribution in [3.05, 3.63) is 76.9 Å². The van der Waals surface area contributed by atoms with Crippen LogP contribution < -0.4 is 0 Å². The van der Waals surface area contributed by atoms with Crippen LogP contribution in [0.4, 0.5) is 0 Å². The van der Waals surface area contributed by atoms with Gasteiger partial charge in [0.15, 0.2) is 11.6 Å². The van der Waals surface area contributed by atoms with Crippen LogP contribution in [0.15, 0.2) is 59.5 Å². The zero-order valence-corrected chi connectivity index (χ0v) is 15.9. The maximum atomic E-state index is 6.01. The fourth-order valence-electron chi connectivity index (χ4n) is 3.57. The number of aromatic nitrogens is 4. The normalized spacial score (nSPS) is 14.2. The summed E-state index contributed by atoms with van der Waals surface area (Å²) in [6, 6.07) is 11.5. The molecule has 28 heavy (non-hydrogen) atoms. The summed E-state index contributed by atoms with van der Waals surface area (Å²) in [5.74, 6) is 1.35. The molecule has 1 aromatic carbocycles. The standard InChI is InChI=1S/C21H18ClN5O/c22-17-5-3-14(4-6-17)20-16(11-24-26-20)13-27-8-7-18-15(12-27)10-23-21(25-18)19-2-1-9-28-19/h1-6,9-11H,7-8,12-13H2,(H,24,26). The van der Waals surface area contributed by atoms with E-state index < -0.39 is 0 Å². The number of furan rings is 1. The van der Waals surface area contributed by atoms with Crippen molar-refractivity contribution in [3.8, 4) is 22.8 Å². The molecular weight excluding hydrogens is 374 g/mol. The quantitative estimate of drug-likeness (QED) is 0.560. The Morgan fingerprint density at radius 2 is 2.04 bits per heavy atom. The summed E-state index contributed by atoms with van der Waals surface area (Å²) in [6.45, 7) is 2.57. The molecule has 0 fully saturated rings. The van der Waals surface area contributed by atoms with Gasteiger partial charge in [-0.3, -0.25) is 10.00 Å². The van der Waals surface area contributed by atoms with Crippen LogP contribution in [0.25, 0.3) is 22.8 Å². The molecule has 4 heterocycles. The lowest BCUT2D eigenvalue weighted by Crippen LogP contribution is -2.31. The van der Waals surface area contributed by atoms with Crippen LogP contribution in [0.1, 0.15) is 16.8 Å². The van der Waals surface area contributed by atoms with Crippen LogP contribution in [-0.2, 0) is 19.5 Å². The Labute approximate surface area is 167 Å². The van der Waals surface area contributed by atoms with Gasteiger partial charge in [-0.1, -0.05) is 23.7 Å². The Hall–Kier alpha value is -2.96. The monoisotopic (exact) mass is 391 g/mol. The first-order valence-electron chi connectivity index (χ1n) is 9.15. The van der Waals surface area contributed by atoms with E-state index in [1.54, 1.807) is 6.26 Å². The second-order valence-corrected chi connectivity index (χ2v) is 7.32. The molecule has 4 aromatic rings. The average molecular weight is 392 g/mol. The molecule has 0 radical (unpaired) electrons. The van der Waals surface area contributed by atoms with Crippen molar-refractivity contribution in [2.45, 2.75) is 19.5 Å². The number of rotatable bonds is 4. The van der Waals surface area contributed by atoms with Crippen molar-refractivity contribution in [2.24, 2.45) is 0 Å².